The molecule has 1 fully saturated rings. The summed E-state index contributed by atoms with van der Waals surface area (Å²) in [6.07, 6.45) is 7.88. The Morgan fingerprint density at radius 3 is 2.82 bits per heavy atom. The first-order valence-electron chi connectivity index (χ1n) is 7.14. The molecule has 0 radical (unpaired) electrons. The summed E-state index contributed by atoms with van der Waals surface area (Å²) in [6.45, 7) is 4.63. The van der Waals surface area contributed by atoms with E-state index in [9.17, 15) is 0 Å². The number of hydrogen-bond acceptors (Lipinski definition) is 1. The zero-order chi connectivity index (χ0) is 12.1. The van der Waals surface area contributed by atoms with Gasteiger partial charge in [0, 0.05) is 11.7 Å². The minimum Gasteiger partial charge on any atom is -0.382 e. The van der Waals surface area contributed by atoms with Crippen molar-refractivity contribution in [1.29, 1.82) is 0 Å². The van der Waals surface area contributed by atoms with Gasteiger partial charge in [0.05, 0.1) is 0 Å². The average Bonchev–Trinajstić information content (AvgIpc) is 2.32. The fraction of sp³-hybridized carbons (Fsp3) is 0.625. The summed E-state index contributed by atoms with van der Waals surface area (Å²) in [5, 5.41) is 3.76. The predicted molar refractivity (Wildman–Crippen MR) is 75.5 cm³/mol. The van der Waals surface area contributed by atoms with E-state index in [-0.39, 0.29) is 0 Å². The molecule has 1 aliphatic carbocycles. The van der Waals surface area contributed by atoms with Crippen LogP contribution < -0.4 is 5.32 Å². The Hall–Kier alpha value is -0.980. The Morgan fingerprint density at radius 1 is 1.24 bits per heavy atom. The number of nitrogens with one attached hydrogen (secondary N) is 1. The summed E-state index contributed by atoms with van der Waals surface area (Å²) in [4.78, 5) is 0. The number of benzene rings is 1. The fourth-order valence-electron chi connectivity index (χ4n) is 2.93. The van der Waals surface area contributed by atoms with E-state index in [1.807, 2.05) is 0 Å². The third-order valence-electron chi connectivity index (χ3n) is 3.83. The van der Waals surface area contributed by atoms with Crippen LogP contribution in [0, 0.1) is 5.92 Å². The quantitative estimate of drug-likeness (QED) is 0.796. The Labute approximate surface area is 106 Å². The first kappa shape index (κ1) is 12.5. The SMILES string of the molecule is CCCc1ccccc1NC1CCCC(C)C1. The molecule has 1 aromatic carbocycles. The van der Waals surface area contributed by atoms with Gasteiger partial charge in [0.25, 0.3) is 0 Å². The smallest absolute Gasteiger partial charge is 0.0374 e. The lowest BCUT2D eigenvalue weighted by Gasteiger charge is -2.29. The summed E-state index contributed by atoms with van der Waals surface area (Å²) in [5.41, 5.74) is 2.85. The number of anilines is 1. The van der Waals surface area contributed by atoms with E-state index in [1.165, 1.54) is 49.8 Å². The molecule has 0 spiro atoms. The average molecular weight is 231 g/mol. The molecule has 2 atom stereocenters. The molecule has 0 aromatic heterocycles. The molecule has 0 saturated heterocycles. The van der Waals surface area contributed by atoms with Gasteiger partial charge in [-0.15, -0.1) is 0 Å². The fourth-order valence-corrected chi connectivity index (χ4v) is 2.93. The highest BCUT2D eigenvalue weighted by Gasteiger charge is 2.18. The summed E-state index contributed by atoms with van der Waals surface area (Å²) in [6, 6.07) is 9.49. The van der Waals surface area contributed by atoms with Crippen LogP contribution in [0.25, 0.3) is 0 Å². The Kier molecular flexibility index (Phi) is 4.47. The van der Waals surface area contributed by atoms with Crippen LogP contribution in [0.2, 0.25) is 0 Å². The number of rotatable bonds is 4. The van der Waals surface area contributed by atoms with Gasteiger partial charge in [0.2, 0.25) is 0 Å². The van der Waals surface area contributed by atoms with Gasteiger partial charge < -0.3 is 5.32 Å². The molecule has 0 aliphatic heterocycles. The van der Waals surface area contributed by atoms with Crippen LogP contribution in [-0.2, 0) is 6.42 Å². The maximum atomic E-state index is 3.76. The second-order valence-electron chi connectivity index (χ2n) is 5.52. The largest absolute Gasteiger partial charge is 0.382 e. The first-order chi connectivity index (χ1) is 8.29. The van der Waals surface area contributed by atoms with Crippen molar-refractivity contribution in [2.24, 2.45) is 5.92 Å². The van der Waals surface area contributed by atoms with Crippen molar-refractivity contribution in [2.45, 2.75) is 58.4 Å². The minimum absolute atomic E-state index is 0.691. The Bertz CT molecular complexity index is 345. The van der Waals surface area contributed by atoms with Gasteiger partial charge in [0.1, 0.15) is 0 Å². The highest BCUT2D eigenvalue weighted by atomic mass is 14.9. The number of aryl methyl sites for hydroxylation is 1. The molecule has 0 bridgehead atoms. The van der Waals surface area contributed by atoms with Crippen LogP contribution in [0.4, 0.5) is 5.69 Å². The second kappa shape index (κ2) is 6.09. The molecule has 1 N–H and O–H groups in total. The first-order valence-corrected chi connectivity index (χ1v) is 7.14. The molecule has 94 valence electrons. The molecule has 1 saturated carbocycles. The lowest BCUT2D eigenvalue weighted by atomic mass is 9.87. The minimum atomic E-state index is 0.691. The van der Waals surface area contributed by atoms with Crippen molar-refractivity contribution in [2.75, 3.05) is 5.32 Å². The molecule has 0 amide bonds. The van der Waals surface area contributed by atoms with Gasteiger partial charge in [0.15, 0.2) is 0 Å². The Balaban J connectivity index is 2.01. The molecular formula is C16H25N. The van der Waals surface area contributed by atoms with Crippen LogP contribution in [0.5, 0.6) is 0 Å². The zero-order valence-electron chi connectivity index (χ0n) is 11.2. The number of para-hydroxylation sites is 1. The molecule has 1 aromatic rings. The molecule has 2 rings (SSSR count). The number of hydrogen-bond donors (Lipinski definition) is 1. The van der Waals surface area contributed by atoms with E-state index in [4.69, 9.17) is 0 Å². The van der Waals surface area contributed by atoms with Gasteiger partial charge in [-0.25, -0.2) is 0 Å². The topological polar surface area (TPSA) is 12.0 Å². The zero-order valence-corrected chi connectivity index (χ0v) is 11.2. The van der Waals surface area contributed by atoms with Crippen molar-refractivity contribution in [3.05, 3.63) is 29.8 Å². The van der Waals surface area contributed by atoms with Gasteiger partial charge in [-0.3, -0.25) is 0 Å². The molecular weight excluding hydrogens is 206 g/mol. The maximum absolute atomic E-state index is 3.76. The molecule has 1 aliphatic rings. The van der Waals surface area contributed by atoms with E-state index >= 15 is 0 Å². The molecule has 2 unspecified atom stereocenters. The molecule has 17 heavy (non-hydrogen) atoms. The van der Waals surface area contributed by atoms with Gasteiger partial charge in [-0.05, 0) is 36.8 Å². The van der Waals surface area contributed by atoms with Gasteiger partial charge in [-0.1, -0.05) is 51.3 Å². The van der Waals surface area contributed by atoms with E-state index in [0.29, 0.717) is 6.04 Å². The standard InChI is InChI=1S/C16H25N/c1-3-7-14-9-4-5-11-16(14)17-15-10-6-8-13(2)12-15/h4-5,9,11,13,15,17H,3,6-8,10,12H2,1-2H3. The summed E-state index contributed by atoms with van der Waals surface area (Å²) in [5.74, 6) is 0.889. The van der Waals surface area contributed by atoms with E-state index in [0.717, 1.165) is 5.92 Å². The van der Waals surface area contributed by atoms with Crippen LogP contribution in [-0.4, -0.2) is 6.04 Å². The van der Waals surface area contributed by atoms with Crippen LogP contribution in [0.15, 0.2) is 24.3 Å². The molecule has 1 nitrogen and oxygen atoms in total. The highest BCUT2D eigenvalue weighted by molar-refractivity contribution is 5.51. The third kappa shape index (κ3) is 3.49. The van der Waals surface area contributed by atoms with Crippen molar-refractivity contribution in [1.82, 2.24) is 0 Å². The monoisotopic (exact) mass is 231 g/mol. The lowest BCUT2D eigenvalue weighted by Crippen LogP contribution is -2.26. The van der Waals surface area contributed by atoms with Gasteiger partial charge >= 0.3 is 0 Å². The summed E-state index contributed by atoms with van der Waals surface area (Å²) in [7, 11) is 0. The Morgan fingerprint density at radius 2 is 2.06 bits per heavy atom. The lowest BCUT2D eigenvalue weighted by molar-refractivity contribution is 0.358. The maximum Gasteiger partial charge on any atom is 0.0374 e. The van der Waals surface area contributed by atoms with Crippen LogP contribution in [0.3, 0.4) is 0 Å². The molecule has 1 heteroatoms. The van der Waals surface area contributed by atoms with Crippen molar-refractivity contribution < 1.29 is 0 Å². The van der Waals surface area contributed by atoms with Crippen molar-refractivity contribution in [3.8, 4) is 0 Å². The van der Waals surface area contributed by atoms with E-state index in [2.05, 4.69) is 43.4 Å². The predicted octanol–water partition coefficient (Wildman–Crippen LogP) is 4.63. The van der Waals surface area contributed by atoms with Gasteiger partial charge in [-0.2, -0.15) is 0 Å². The van der Waals surface area contributed by atoms with Crippen molar-refractivity contribution in [3.63, 3.8) is 0 Å². The molecule has 0 heterocycles. The van der Waals surface area contributed by atoms with E-state index in [1.54, 1.807) is 0 Å². The highest BCUT2D eigenvalue weighted by Crippen LogP contribution is 2.27. The summed E-state index contributed by atoms with van der Waals surface area (Å²) < 4.78 is 0. The van der Waals surface area contributed by atoms with E-state index < -0.39 is 0 Å². The van der Waals surface area contributed by atoms with Crippen LogP contribution >= 0.6 is 0 Å². The normalized spacial score (nSPS) is 24.6. The van der Waals surface area contributed by atoms with Crippen LogP contribution in [0.1, 0.15) is 51.5 Å². The third-order valence-corrected chi connectivity index (χ3v) is 3.83. The summed E-state index contributed by atoms with van der Waals surface area (Å²) >= 11 is 0. The second-order valence-corrected chi connectivity index (χ2v) is 5.52. The van der Waals surface area contributed by atoms with Crippen molar-refractivity contribution >= 4 is 5.69 Å².